The van der Waals surface area contributed by atoms with Crippen LogP contribution in [0.2, 0.25) is 0 Å². The Morgan fingerprint density at radius 3 is 1.47 bits per heavy atom. The maximum absolute atomic E-state index is 12.8. The van der Waals surface area contributed by atoms with Crippen molar-refractivity contribution >= 4 is 17.9 Å². The van der Waals surface area contributed by atoms with Gasteiger partial charge in [0.2, 0.25) is 0 Å². The maximum atomic E-state index is 12.8. The highest BCUT2D eigenvalue weighted by Gasteiger charge is 2.25. The Morgan fingerprint density at radius 2 is 0.984 bits per heavy atom. The topological polar surface area (TPSA) is 102 Å². The first-order valence-electron chi connectivity index (χ1n) is 24.3. The van der Waals surface area contributed by atoms with E-state index in [4.69, 9.17) is 14.2 Å². The van der Waals surface area contributed by atoms with Crippen molar-refractivity contribution < 1.29 is 38.2 Å². The van der Waals surface area contributed by atoms with Crippen molar-refractivity contribution in [3.63, 3.8) is 0 Å². The van der Waals surface area contributed by atoms with Crippen molar-refractivity contribution in [2.75, 3.05) is 41.0 Å². The number of likely N-dealkylation sites (N-methyl/N-ethyl adjacent to an activating group) is 1. The first kappa shape index (κ1) is 58.2. The van der Waals surface area contributed by atoms with Gasteiger partial charge in [0.15, 0.2) is 6.10 Å². The standard InChI is InChI=1S/C54H89NO7/c1-6-8-10-12-14-16-18-20-22-24-26-28-30-32-34-36-38-40-42-44-52(56)61-49-50(48-60-47-46-51(54(58)59)55(3,4)5)62-53(57)45-43-41-39-37-35-33-31-29-27-25-23-21-19-17-15-13-11-9-7-2/h8,10,14-17,19-22,26,28,32,34,38,40,50-51H,6-7,9,11-13,18,23-25,27,29-31,33,35-37,39,41-49H2,1-5H3/b10-8+,16-14+,17-15+,21-19+,22-20+,28-26+,34-32+,40-38+. The van der Waals surface area contributed by atoms with Gasteiger partial charge in [-0.3, -0.25) is 9.59 Å². The van der Waals surface area contributed by atoms with Gasteiger partial charge in [0, 0.05) is 19.3 Å². The maximum Gasteiger partial charge on any atom is 0.306 e. The fourth-order valence-corrected chi connectivity index (χ4v) is 6.50. The third kappa shape index (κ3) is 41.6. The third-order valence-electron chi connectivity index (χ3n) is 10.2. The quantitative estimate of drug-likeness (QED) is 0.0198. The summed E-state index contributed by atoms with van der Waals surface area (Å²) in [6.45, 7) is 4.43. The predicted molar refractivity (Wildman–Crippen MR) is 258 cm³/mol. The number of unbranched alkanes of at least 4 members (excludes halogenated alkanes) is 13. The number of allylic oxidation sites excluding steroid dienone is 16. The molecular formula is C54H89NO7. The zero-order valence-electron chi connectivity index (χ0n) is 40.0. The molecule has 62 heavy (non-hydrogen) atoms. The van der Waals surface area contributed by atoms with Crippen molar-refractivity contribution in [1.82, 2.24) is 0 Å². The molecule has 0 radical (unpaired) electrons. The summed E-state index contributed by atoms with van der Waals surface area (Å²) in [4.78, 5) is 36.9. The number of hydrogen-bond donors (Lipinski definition) is 0. The summed E-state index contributed by atoms with van der Waals surface area (Å²) in [5, 5.41) is 11.7. The Balaban J connectivity index is 4.42. The number of aliphatic carboxylic acids is 1. The Morgan fingerprint density at radius 1 is 0.516 bits per heavy atom. The van der Waals surface area contributed by atoms with E-state index in [9.17, 15) is 19.5 Å². The largest absolute Gasteiger partial charge is 0.544 e. The summed E-state index contributed by atoms with van der Waals surface area (Å²) in [6, 6.07) is -0.743. The van der Waals surface area contributed by atoms with Crippen LogP contribution in [0.3, 0.4) is 0 Å². The molecule has 8 heteroatoms. The lowest BCUT2D eigenvalue weighted by atomic mass is 10.1. The highest BCUT2D eigenvalue weighted by Crippen LogP contribution is 2.14. The molecule has 0 aliphatic carbocycles. The molecule has 0 heterocycles. The second-order valence-electron chi connectivity index (χ2n) is 17.0. The molecule has 0 aromatic carbocycles. The van der Waals surface area contributed by atoms with Crippen LogP contribution >= 0.6 is 0 Å². The molecule has 2 atom stereocenters. The molecule has 0 aliphatic rings. The first-order chi connectivity index (χ1) is 30.1. The molecule has 352 valence electrons. The number of carbonyl (C=O) groups excluding carboxylic acids is 3. The number of carboxylic acid groups (broad SMARTS) is 1. The van der Waals surface area contributed by atoms with E-state index in [2.05, 4.69) is 98.9 Å². The average molecular weight is 864 g/mol. The number of ether oxygens (including phenoxy) is 3. The van der Waals surface area contributed by atoms with E-state index in [0.29, 0.717) is 12.8 Å². The fourth-order valence-electron chi connectivity index (χ4n) is 6.50. The van der Waals surface area contributed by atoms with Crippen molar-refractivity contribution in [3.05, 3.63) is 97.2 Å². The van der Waals surface area contributed by atoms with E-state index < -0.39 is 18.1 Å². The minimum atomic E-state index is -1.14. The van der Waals surface area contributed by atoms with Gasteiger partial charge < -0.3 is 28.6 Å². The SMILES string of the molecule is CC/C=C/C/C=C/C/C=C/C/C=C/C/C=C/C/C=C/CCC(=O)OCC(COCCC(C(=O)[O-])[N+](C)(C)C)OC(=O)CCCCCCCCCCCC/C=C/C=C/CCCCC. The van der Waals surface area contributed by atoms with Crippen molar-refractivity contribution in [2.24, 2.45) is 0 Å². The van der Waals surface area contributed by atoms with Gasteiger partial charge in [0.25, 0.3) is 0 Å². The van der Waals surface area contributed by atoms with E-state index in [0.717, 1.165) is 64.2 Å². The lowest BCUT2D eigenvalue weighted by Crippen LogP contribution is -2.55. The summed E-state index contributed by atoms with van der Waals surface area (Å²) in [5.74, 6) is -1.86. The summed E-state index contributed by atoms with van der Waals surface area (Å²) in [6.07, 6.45) is 58.7. The number of esters is 2. The van der Waals surface area contributed by atoms with Gasteiger partial charge >= 0.3 is 11.9 Å². The lowest BCUT2D eigenvalue weighted by molar-refractivity contribution is -0.889. The van der Waals surface area contributed by atoms with E-state index in [1.54, 1.807) is 21.1 Å². The van der Waals surface area contributed by atoms with Crippen LogP contribution in [0, 0.1) is 0 Å². The molecule has 0 spiro atoms. The van der Waals surface area contributed by atoms with Gasteiger partial charge in [-0.1, -0.05) is 175 Å². The van der Waals surface area contributed by atoms with Crippen LogP contribution < -0.4 is 5.11 Å². The normalized spacial score (nSPS) is 13.8. The molecule has 8 nitrogen and oxygen atoms in total. The fraction of sp³-hybridized carbons (Fsp3) is 0.648. The highest BCUT2D eigenvalue weighted by molar-refractivity contribution is 5.70. The number of hydrogen-bond acceptors (Lipinski definition) is 7. The van der Waals surface area contributed by atoms with E-state index in [-0.39, 0.29) is 49.1 Å². The molecule has 0 aliphatic heterocycles. The molecule has 0 aromatic rings. The van der Waals surface area contributed by atoms with Crippen LogP contribution in [-0.4, -0.2) is 75.5 Å². The summed E-state index contributed by atoms with van der Waals surface area (Å²) >= 11 is 0. The van der Waals surface area contributed by atoms with Gasteiger partial charge in [-0.15, -0.1) is 0 Å². The van der Waals surface area contributed by atoms with Crippen molar-refractivity contribution in [2.45, 2.75) is 187 Å². The lowest BCUT2D eigenvalue weighted by Gasteiger charge is -2.34. The van der Waals surface area contributed by atoms with E-state index >= 15 is 0 Å². The molecule has 0 N–H and O–H groups in total. The highest BCUT2D eigenvalue weighted by atomic mass is 16.6. The molecule has 0 fully saturated rings. The van der Waals surface area contributed by atoms with Crippen LogP contribution in [0.1, 0.15) is 174 Å². The second kappa shape index (κ2) is 43.9. The Labute approximate surface area is 379 Å². The third-order valence-corrected chi connectivity index (χ3v) is 10.2. The smallest absolute Gasteiger partial charge is 0.306 e. The monoisotopic (exact) mass is 864 g/mol. The van der Waals surface area contributed by atoms with E-state index in [1.807, 2.05) is 12.2 Å². The first-order valence-corrected chi connectivity index (χ1v) is 24.3. The Hall–Kier alpha value is -3.75. The van der Waals surface area contributed by atoms with E-state index in [1.165, 1.54) is 70.6 Å². The zero-order chi connectivity index (χ0) is 45.6. The number of rotatable bonds is 42. The van der Waals surface area contributed by atoms with Gasteiger partial charge in [0.1, 0.15) is 12.6 Å². The van der Waals surface area contributed by atoms with Crippen molar-refractivity contribution in [3.8, 4) is 0 Å². The zero-order valence-corrected chi connectivity index (χ0v) is 40.0. The molecular weight excluding hydrogens is 775 g/mol. The van der Waals surface area contributed by atoms with Gasteiger partial charge in [-0.25, -0.2) is 0 Å². The van der Waals surface area contributed by atoms with Crippen LogP contribution in [-0.2, 0) is 28.6 Å². The number of quaternary nitrogens is 1. The van der Waals surface area contributed by atoms with Gasteiger partial charge in [0.05, 0.1) is 40.3 Å². The van der Waals surface area contributed by atoms with Crippen LogP contribution in [0.5, 0.6) is 0 Å². The molecule has 0 bridgehead atoms. The molecule has 2 unspecified atom stereocenters. The summed E-state index contributed by atoms with van der Waals surface area (Å²) < 4.78 is 17.1. The Kier molecular flexibility index (Phi) is 41.2. The minimum absolute atomic E-state index is 0.0102. The van der Waals surface area contributed by atoms with Crippen LogP contribution in [0.4, 0.5) is 0 Å². The molecule has 0 saturated carbocycles. The number of nitrogens with zero attached hydrogens (tertiary/aromatic N) is 1. The van der Waals surface area contributed by atoms with Gasteiger partial charge in [-0.2, -0.15) is 0 Å². The molecule has 0 amide bonds. The van der Waals surface area contributed by atoms with Crippen LogP contribution in [0.25, 0.3) is 0 Å². The molecule has 0 rings (SSSR count). The summed E-state index contributed by atoms with van der Waals surface area (Å²) in [7, 11) is 5.38. The summed E-state index contributed by atoms with van der Waals surface area (Å²) in [5.41, 5.74) is 0. The molecule has 0 saturated heterocycles. The molecule has 0 aromatic heterocycles. The number of carbonyl (C=O) groups is 3. The Bertz CT molecular complexity index is 1330. The second-order valence-corrected chi connectivity index (χ2v) is 17.0. The predicted octanol–water partition coefficient (Wildman–Crippen LogP) is 12.5. The average Bonchev–Trinajstić information content (AvgIpc) is 3.23. The van der Waals surface area contributed by atoms with Crippen molar-refractivity contribution in [1.29, 1.82) is 0 Å². The minimum Gasteiger partial charge on any atom is -0.544 e. The number of carboxylic acids is 1. The van der Waals surface area contributed by atoms with Gasteiger partial charge in [-0.05, 0) is 77.0 Å². The van der Waals surface area contributed by atoms with Crippen LogP contribution in [0.15, 0.2) is 97.2 Å².